The molecule has 57 valence electrons. The van der Waals surface area contributed by atoms with Gasteiger partial charge in [-0.05, 0) is 6.42 Å². The van der Waals surface area contributed by atoms with E-state index < -0.39 is 17.9 Å². The number of carboxylic acids is 2. The molecule has 0 rings (SSSR count). The van der Waals surface area contributed by atoms with Crippen molar-refractivity contribution in [3.05, 3.63) is 6.92 Å². The van der Waals surface area contributed by atoms with E-state index in [4.69, 9.17) is 10.2 Å². The summed E-state index contributed by atoms with van der Waals surface area (Å²) in [6.45, 7) is 3.32. The molecule has 0 fully saturated rings. The number of hydrogen-bond acceptors (Lipinski definition) is 2. The van der Waals surface area contributed by atoms with Crippen molar-refractivity contribution < 1.29 is 19.8 Å². The Morgan fingerprint density at radius 3 is 2.00 bits per heavy atom. The van der Waals surface area contributed by atoms with Crippen molar-refractivity contribution in [3.8, 4) is 0 Å². The van der Waals surface area contributed by atoms with E-state index in [0.29, 0.717) is 0 Å². The van der Waals surface area contributed by atoms with Gasteiger partial charge < -0.3 is 10.2 Å². The third-order valence-corrected chi connectivity index (χ3v) is 1.12. The lowest BCUT2D eigenvalue weighted by molar-refractivity contribution is -0.148. The molecule has 0 amide bonds. The summed E-state index contributed by atoms with van der Waals surface area (Å²) in [4.78, 5) is 20.1. The molecule has 0 aliphatic heterocycles. The van der Waals surface area contributed by atoms with Gasteiger partial charge in [-0.2, -0.15) is 0 Å². The van der Waals surface area contributed by atoms with E-state index in [1.165, 1.54) is 0 Å². The minimum atomic E-state index is -1.10. The van der Waals surface area contributed by atoms with Crippen molar-refractivity contribution in [1.29, 1.82) is 0 Å². The van der Waals surface area contributed by atoms with Crippen LogP contribution in [0.4, 0.5) is 0 Å². The molecule has 0 aromatic heterocycles. The second kappa shape index (κ2) is 3.87. The molecular formula is C6H9O4. The first kappa shape index (κ1) is 8.94. The van der Waals surface area contributed by atoms with Crippen molar-refractivity contribution in [2.75, 3.05) is 0 Å². The lowest BCUT2D eigenvalue weighted by atomic mass is 10.0. The predicted molar refractivity (Wildman–Crippen MR) is 33.4 cm³/mol. The normalized spacial score (nSPS) is 12.5. The quantitative estimate of drug-likeness (QED) is 0.599. The first-order valence-electron chi connectivity index (χ1n) is 2.81. The number of carboxylic acid groups (broad SMARTS) is 2. The number of carbonyl (C=O) groups is 2. The lowest BCUT2D eigenvalue weighted by Crippen LogP contribution is -2.16. The van der Waals surface area contributed by atoms with Crippen molar-refractivity contribution in [1.82, 2.24) is 0 Å². The van der Waals surface area contributed by atoms with Gasteiger partial charge in [0.2, 0.25) is 0 Å². The Labute approximate surface area is 58.5 Å². The molecule has 4 heteroatoms. The van der Waals surface area contributed by atoms with E-state index in [9.17, 15) is 9.59 Å². The fraction of sp³-hybridized carbons (Fsp3) is 0.500. The zero-order chi connectivity index (χ0) is 8.15. The molecule has 0 aromatic rings. The molecule has 0 aromatic carbocycles. The summed E-state index contributed by atoms with van der Waals surface area (Å²) in [7, 11) is 0. The van der Waals surface area contributed by atoms with E-state index in [1.54, 1.807) is 0 Å². The highest BCUT2D eigenvalue weighted by atomic mass is 16.4. The smallest absolute Gasteiger partial charge is 0.307 e. The number of hydrogen-bond donors (Lipinski definition) is 2. The molecule has 1 atom stereocenters. The maximum Gasteiger partial charge on any atom is 0.307 e. The Bertz CT molecular complexity index is 141. The maximum absolute atomic E-state index is 10.2. The van der Waals surface area contributed by atoms with Crippen LogP contribution in [0.15, 0.2) is 0 Å². The molecule has 0 heterocycles. The topological polar surface area (TPSA) is 74.6 Å². The molecule has 0 aliphatic carbocycles. The Kier molecular flexibility index (Phi) is 3.46. The van der Waals surface area contributed by atoms with Crippen molar-refractivity contribution >= 4 is 11.9 Å². The molecule has 0 saturated heterocycles. The van der Waals surface area contributed by atoms with Gasteiger partial charge in [0.25, 0.3) is 0 Å². The molecule has 2 N–H and O–H groups in total. The van der Waals surface area contributed by atoms with E-state index in [0.717, 1.165) is 0 Å². The molecule has 0 spiro atoms. The lowest BCUT2D eigenvalue weighted by Gasteiger charge is -2.03. The van der Waals surface area contributed by atoms with Gasteiger partial charge in [0.1, 0.15) is 0 Å². The SMILES string of the molecule is [CH2]CC(CC(=O)O)C(=O)O. The Morgan fingerprint density at radius 2 is 1.90 bits per heavy atom. The third-order valence-electron chi connectivity index (χ3n) is 1.12. The maximum atomic E-state index is 10.2. The molecule has 1 unspecified atom stereocenters. The second-order valence-electron chi connectivity index (χ2n) is 1.92. The molecule has 0 saturated carbocycles. The minimum Gasteiger partial charge on any atom is -0.481 e. The van der Waals surface area contributed by atoms with Crippen molar-refractivity contribution in [2.24, 2.45) is 5.92 Å². The Balaban J connectivity index is 3.83. The largest absolute Gasteiger partial charge is 0.481 e. The van der Waals surface area contributed by atoms with Crippen LogP contribution in [0.1, 0.15) is 12.8 Å². The first-order valence-corrected chi connectivity index (χ1v) is 2.81. The van der Waals surface area contributed by atoms with Gasteiger partial charge in [0.15, 0.2) is 0 Å². The van der Waals surface area contributed by atoms with Crippen LogP contribution in [0.25, 0.3) is 0 Å². The summed E-state index contributed by atoms with van der Waals surface area (Å²) in [6.07, 6.45) is -0.236. The van der Waals surface area contributed by atoms with Gasteiger partial charge in [-0.3, -0.25) is 9.59 Å². The molecule has 0 aliphatic rings. The van der Waals surface area contributed by atoms with Gasteiger partial charge in [0, 0.05) is 0 Å². The summed E-state index contributed by atoms with van der Waals surface area (Å²) < 4.78 is 0. The van der Waals surface area contributed by atoms with E-state index in [1.807, 2.05) is 0 Å². The van der Waals surface area contributed by atoms with E-state index >= 15 is 0 Å². The zero-order valence-electron chi connectivity index (χ0n) is 5.41. The van der Waals surface area contributed by atoms with Crippen molar-refractivity contribution in [2.45, 2.75) is 12.8 Å². The highest BCUT2D eigenvalue weighted by Gasteiger charge is 2.17. The predicted octanol–water partition coefficient (Wildman–Crippen LogP) is 0.386. The zero-order valence-corrected chi connectivity index (χ0v) is 5.41. The highest BCUT2D eigenvalue weighted by Crippen LogP contribution is 2.06. The number of aliphatic carboxylic acids is 2. The van der Waals surface area contributed by atoms with Gasteiger partial charge in [-0.25, -0.2) is 0 Å². The van der Waals surface area contributed by atoms with Crippen LogP contribution in [0.3, 0.4) is 0 Å². The van der Waals surface area contributed by atoms with Crippen LogP contribution in [-0.4, -0.2) is 22.2 Å². The summed E-state index contributed by atoms with van der Waals surface area (Å²) in [5, 5.41) is 16.5. The van der Waals surface area contributed by atoms with E-state index in [-0.39, 0.29) is 12.8 Å². The Morgan fingerprint density at radius 1 is 1.40 bits per heavy atom. The fourth-order valence-corrected chi connectivity index (χ4v) is 0.524. The van der Waals surface area contributed by atoms with Crippen LogP contribution >= 0.6 is 0 Å². The first-order chi connectivity index (χ1) is 4.57. The molecule has 0 bridgehead atoms. The van der Waals surface area contributed by atoms with Gasteiger partial charge >= 0.3 is 11.9 Å². The van der Waals surface area contributed by atoms with Crippen LogP contribution in [0.2, 0.25) is 0 Å². The van der Waals surface area contributed by atoms with Gasteiger partial charge in [-0.15, -0.1) is 0 Å². The summed E-state index contributed by atoms with van der Waals surface area (Å²) >= 11 is 0. The average molecular weight is 145 g/mol. The van der Waals surface area contributed by atoms with Crippen molar-refractivity contribution in [3.63, 3.8) is 0 Å². The molecule has 1 radical (unpaired) electrons. The molecule has 4 nitrogen and oxygen atoms in total. The molecular weight excluding hydrogens is 136 g/mol. The summed E-state index contributed by atoms with van der Waals surface area (Å²) in [6, 6.07) is 0. The van der Waals surface area contributed by atoms with Crippen LogP contribution in [-0.2, 0) is 9.59 Å². The van der Waals surface area contributed by atoms with E-state index in [2.05, 4.69) is 6.92 Å². The molecule has 10 heavy (non-hydrogen) atoms. The average Bonchev–Trinajstić information content (AvgIpc) is 1.81. The summed E-state index contributed by atoms with van der Waals surface area (Å²) in [5.74, 6) is -3.05. The summed E-state index contributed by atoms with van der Waals surface area (Å²) in [5.41, 5.74) is 0. The van der Waals surface area contributed by atoms with Crippen LogP contribution in [0.5, 0.6) is 0 Å². The number of rotatable bonds is 4. The highest BCUT2D eigenvalue weighted by molar-refractivity contribution is 5.77. The third kappa shape index (κ3) is 3.06. The van der Waals surface area contributed by atoms with Gasteiger partial charge in [-0.1, -0.05) is 6.92 Å². The Hall–Kier alpha value is -1.06. The standard InChI is InChI=1S/C6H9O4/c1-2-4(6(9)10)3-5(7)8/h4H,1-3H2,(H,7,8)(H,9,10). The monoisotopic (exact) mass is 145 g/mol. The van der Waals surface area contributed by atoms with Gasteiger partial charge in [0.05, 0.1) is 12.3 Å². The fourth-order valence-electron chi connectivity index (χ4n) is 0.524. The van der Waals surface area contributed by atoms with Crippen LogP contribution < -0.4 is 0 Å². The van der Waals surface area contributed by atoms with Crippen LogP contribution in [0, 0.1) is 12.8 Å². The second-order valence-corrected chi connectivity index (χ2v) is 1.92. The minimum absolute atomic E-state index is 0.113.